The van der Waals surface area contributed by atoms with Gasteiger partial charge in [0.05, 0.1) is 13.2 Å². The summed E-state index contributed by atoms with van der Waals surface area (Å²) in [5, 5.41) is 3.33. The van der Waals surface area contributed by atoms with Crippen LogP contribution in [0.5, 0.6) is 0 Å². The summed E-state index contributed by atoms with van der Waals surface area (Å²) < 4.78 is 40.4. The average molecular weight is 742 g/mol. The van der Waals surface area contributed by atoms with E-state index in [0.717, 1.165) is 9.75 Å². The number of rotatable bonds is 19. The van der Waals surface area contributed by atoms with Gasteiger partial charge >= 0.3 is 159 Å². The van der Waals surface area contributed by atoms with Gasteiger partial charge in [-0.1, -0.05) is 30.3 Å². The van der Waals surface area contributed by atoms with Crippen LogP contribution in [0.25, 0.3) is 0 Å². The van der Waals surface area contributed by atoms with Crippen LogP contribution in [0.1, 0.15) is 32.8 Å². The Labute approximate surface area is 247 Å². The molecule has 11 nitrogen and oxygen atoms in total. The predicted molar refractivity (Wildman–Crippen MR) is 144 cm³/mol. The number of ether oxygens (including phenoxy) is 7. The standard InChI is InChI=1S/C28H43N2O9.Os/c1-5-25-26(38-22(3)31)20-24(29-6-2)27(39-25)36-19-18-35-17-16-34-15-14-33-13-12-30(4)28(32)37-21-23-10-8-7-9-11-23;/h7-11,20,24-27,29H,5,12-19,21H2,1-4H3;/q-1;/t24-,25-,26-,27?;/m1./s1. The number of hydrogen-bond donors (Lipinski definition) is 1. The summed E-state index contributed by atoms with van der Waals surface area (Å²) in [4.78, 5) is 25.0. The molecule has 1 N–H and O–H groups in total. The van der Waals surface area contributed by atoms with E-state index in [1.54, 1.807) is 25.2 Å². The zero-order chi connectivity index (χ0) is 29.2. The number of hydrogen-bond acceptors (Lipinski definition) is 10. The summed E-state index contributed by atoms with van der Waals surface area (Å²) in [5.41, 5.74) is 0.943. The van der Waals surface area contributed by atoms with Gasteiger partial charge in [0.25, 0.3) is 0 Å². The molecule has 1 unspecified atom stereocenters. The zero-order valence-corrected chi connectivity index (χ0v) is 26.4. The molecule has 2 rings (SSSR count). The second kappa shape index (κ2) is 20.2. The molecule has 40 heavy (non-hydrogen) atoms. The first-order valence-electron chi connectivity index (χ1n) is 13.5. The Morgan fingerprint density at radius 3 is 2.23 bits per heavy atom. The third kappa shape index (κ3) is 14.2. The summed E-state index contributed by atoms with van der Waals surface area (Å²) in [5.74, 6) is -0.341. The normalized spacial score (nSPS) is 20.6. The third-order valence-corrected chi connectivity index (χ3v) is 6.14. The van der Waals surface area contributed by atoms with Gasteiger partial charge in [0, 0.05) is 13.6 Å². The Morgan fingerprint density at radius 2 is 1.62 bits per heavy atom. The minimum absolute atomic E-state index is 0.243. The van der Waals surface area contributed by atoms with Gasteiger partial charge in [-0.15, -0.1) is 0 Å². The van der Waals surface area contributed by atoms with E-state index in [4.69, 9.17) is 33.2 Å². The second-order valence-corrected chi connectivity index (χ2v) is 11.0. The van der Waals surface area contributed by atoms with Gasteiger partial charge in [-0.2, -0.15) is 0 Å². The van der Waals surface area contributed by atoms with Crippen LogP contribution in [0.3, 0.4) is 0 Å². The molecule has 1 amide bonds. The van der Waals surface area contributed by atoms with E-state index in [1.807, 2.05) is 50.6 Å². The molecule has 4 atom stereocenters. The molecule has 1 aliphatic rings. The fourth-order valence-corrected chi connectivity index (χ4v) is 4.18. The maximum absolute atomic E-state index is 12.0. The fraction of sp³-hybridized carbons (Fsp3) is 0.643. The first-order chi connectivity index (χ1) is 19.3. The molecule has 1 saturated heterocycles. The van der Waals surface area contributed by atoms with Crippen molar-refractivity contribution in [1.29, 1.82) is 0 Å². The van der Waals surface area contributed by atoms with E-state index >= 15 is 0 Å². The third-order valence-electron chi connectivity index (χ3n) is 5.77. The molecule has 228 valence electrons. The Balaban J connectivity index is 1.49. The van der Waals surface area contributed by atoms with E-state index < -0.39 is 12.4 Å². The molecule has 1 fully saturated rings. The van der Waals surface area contributed by atoms with Gasteiger partial charge in [0.1, 0.15) is 6.61 Å². The van der Waals surface area contributed by atoms with Crippen molar-refractivity contribution in [3.63, 3.8) is 0 Å². The molecule has 0 bridgehead atoms. The number of benzene rings is 1. The molecular weight excluding hydrogens is 699 g/mol. The van der Waals surface area contributed by atoms with Crippen LogP contribution < -0.4 is 5.32 Å². The van der Waals surface area contributed by atoms with Crippen LogP contribution in [0.4, 0.5) is 4.79 Å². The van der Waals surface area contributed by atoms with Crippen molar-refractivity contribution in [3.05, 3.63) is 42.3 Å². The monoisotopic (exact) mass is 743 g/mol. The molecule has 0 spiro atoms. The van der Waals surface area contributed by atoms with Crippen LogP contribution in [0, 0.1) is 6.42 Å². The summed E-state index contributed by atoms with van der Waals surface area (Å²) in [6.07, 6.45) is 1.03. The minimum atomic E-state index is -0.516. The number of carbonyl (C=O) groups excluding carboxylic acids is 2. The Hall–Kier alpha value is -1.77. The number of esters is 1. The molecule has 12 heteroatoms. The summed E-state index contributed by atoms with van der Waals surface area (Å²) >= 11 is 1.74. The van der Waals surface area contributed by atoms with Crippen molar-refractivity contribution in [1.82, 2.24) is 10.2 Å². The molecule has 0 radical (unpaired) electrons. The molecule has 1 aliphatic heterocycles. The second-order valence-electron chi connectivity index (χ2n) is 9.07. The topological polar surface area (TPSA) is 114 Å². The van der Waals surface area contributed by atoms with Gasteiger partial charge in [-0.25, -0.2) is 4.79 Å². The summed E-state index contributed by atoms with van der Waals surface area (Å²) in [6, 6.07) is 9.30. The maximum atomic E-state index is 12.0. The quantitative estimate of drug-likeness (QED) is 0.129. The van der Waals surface area contributed by atoms with Crippen molar-refractivity contribution in [2.45, 2.75) is 58.3 Å². The van der Waals surface area contributed by atoms with E-state index in [9.17, 15) is 9.59 Å². The van der Waals surface area contributed by atoms with Crippen molar-refractivity contribution in [3.8, 4) is 0 Å². The van der Waals surface area contributed by atoms with Crippen molar-refractivity contribution in [2.24, 2.45) is 0 Å². The Bertz CT molecular complexity index is 877. The van der Waals surface area contributed by atoms with Crippen LogP contribution in [-0.2, 0) is 62.7 Å². The van der Waals surface area contributed by atoms with Gasteiger partial charge in [-0.05, 0) is 5.56 Å². The first kappa shape index (κ1) is 34.4. The van der Waals surface area contributed by atoms with Crippen LogP contribution in [0.2, 0.25) is 0 Å². The summed E-state index contributed by atoms with van der Waals surface area (Å²) in [7, 11) is 1.68. The Kier molecular flexibility index (Phi) is 17.4. The Morgan fingerprint density at radius 1 is 1.00 bits per heavy atom. The average Bonchev–Trinajstić information content (AvgIpc) is 2.93. The van der Waals surface area contributed by atoms with Crippen LogP contribution in [0.15, 0.2) is 30.3 Å². The number of nitrogens with one attached hydrogen (secondary N) is 1. The number of amides is 1. The SMILES string of the molecule is CC[C@H]1OC(OCCOCCOCCOCCN(C)C(=O)OCc2ccccc2)[C@H](N[C](C)=[Os])[CH-][C@H]1OC(C)=O. The van der Waals surface area contributed by atoms with Crippen LogP contribution >= 0.6 is 0 Å². The number of carbonyl (C=O) groups is 2. The first-order valence-corrected chi connectivity index (χ1v) is 14.8. The van der Waals surface area contributed by atoms with E-state index in [-0.39, 0.29) is 30.8 Å². The summed E-state index contributed by atoms with van der Waals surface area (Å²) in [6.45, 7) is 8.84. The molecule has 0 aliphatic carbocycles. The molecule has 1 heterocycles. The van der Waals surface area contributed by atoms with Gasteiger partial charge in [0.15, 0.2) is 0 Å². The van der Waals surface area contributed by atoms with E-state index in [1.165, 1.54) is 11.8 Å². The molecule has 1 aromatic carbocycles. The molecule has 1 aromatic rings. The molecule has 0 aromatic heterocycles. The van der Waals surface area contributed by atoms with Crippen LogP contribution in [-0.4, -0.2) is 106 Å². The van der Waals surface area contributed by atoms with E-state index in [2.05, 4.69) is 5.32 Å². The van der Waals surface area contributed by atoms with Gasteiger partial charge in [-0.3, -0.25) is 0 Å². The van der Waals surface area contributed by atoms with Crippen molar-refractivity contribution in [2.75, 3.05) is 59.8 Å². The van der Waals surface area contributed by atoms with Gasteiger partial charge < -0.3 is 14.4 Å². The fourth-order valence-electron chi connectivity index (χ4n) is 3.76. The number of nitrogens with zero attached hydrogens (tertiary/aromatic N) is 1. The predicted octanol–water partition coefficient (Wildman–Crippen LogP) is 2.25. The molecular formula is C28H43N2O9Os-. The zero-order valence-electron chi connectivity index (χ0n) is 23.8. The number of likely N-dealkylation sites (N-methyl/N-ethyl adjacent to an activating group) is 1. The molecule has 0 saturated carbocycles. The van der Waals surface area contributed by atoms with Crippen molar-refractivity contribution >= 4 is 16.3 Å². The van der Waals surface area contributed by atoms with Crippen molar-refractivity contribution < 1.29 is 60.9 Å². The van der Waals surface area contributed by atoms with Gasteiger partial charge in [0.2, 0.25) is 0 Å². The van der Waals surface area contributed by atoms with E-state index in [0.29, 0.717) is 59.2 Å².